The van der Waals surface area contributed by atoms with Crippen LogP contribution in [0.2, 0.25) is 5.02 Å². The molecule has 2 aromatic rings. The van der Waals surface area contributed by atoms with Crippen molar-refractivity contribution in [1.29, 1.82) is 0 Å². The number of rotatable bonds is 4. The predicted molar refractivity (Wildman–Crippen MR) is 98.0 cm³/mol. The fourth-order valence-electron chi connectivity index (χ4n) is 3.14. The third-order valence-corrected chi connectivity index (χ3v) is 4.81. The molecule has 0 bridgehead atoms. The van der Waals surface area contributed by atoms with Crippen LogP contribution in [-0.4, -0.2) is 41.9 Å². The number of amides is 1. The summed E-state index contributed by atoms with van der Waals surface area (Å²) in [7, 11) is 0. The highest BCUT2D eigenvalue weighted by Gasteiger charge is 2.20. The van der Waals surface area contributed by atoms with E-state index in [-0.39, 0.29) is 18.1 Å². The summed E-state index contributed by atoms with van der Waals surface area (Å²) in [5, 5.41) is 0.740. The van der Waals surface area contributed by atoms with Crippen LogP contribution >= 0.6 is 11.6 Å². The van der Waals surface area contributed by atoms with E-state index in [1.165, 1.54) is 11.6 Å². The SMILES string of the molecule is O=C(Cc1ccccc1F)N1CCCN(Cc2ccc(Cl)cc2)CC1. The number of carbonyl (C=O) groups is 1. The molecule has 132 valence electrons. The molecule has 25 heavy (non-hydrogen) atoms. The fourth-order valence-corrected chi connectivity index (χ4v) is 3.27. The molecule has 1 aliphatic heterocycles. The van der Waals surface area contributed by atoms with Crippen molar-refractivity contribution >= 4 is 17.5 Å². The van der Waals surface area contributed by atoms with Crippen LogP contribution in [0.15, 0.2) is 48.5 Å². The van der Waals surface area contributed by atoms with Gasteiger partial charge in [0.05, 0.1) is 6.42 Å². The van der Waals surface area contributed by atoms with Crippen molar-refractivity contribution in [3.8, 4) is 0 Å². The molecule has 1 heterocycles. The van der Waals surface area contributed by atoms with E-state index in [9.17, 15) is 9.18 Å². The lowest BCUT2D eigenvalue weighted by Crippen LogP contribution is -2.36. The van der Waals surface area contributed by atoms with Gasteiger partial charge in [-0.25, -0.2) is 4.39 Å². The monoisotopic (exact) mass is 360 g/mol. The van der Waals surface area contributed by atoms with E-state index in [2.05, 4.69) is 4.90 Å². The lowest BCUT2D eigenvalue weighted by molar-refractivity contribution is -0.130. The molecule has 1 aliphatic rings. The molecule has 0 spiro atoms. The summed E-state index contributed by atoms with van der Waals surface area (Å²) in [5.74, 6) is -0.312. The maximum absolute atomic E-state index is 13.7. The van der Waals surface area contributed by atoms with Crippen LogP contribution < -0.4 is 0 Å². The Bertz CT molecular complexity index is 720. The van der Waals surface area contributed by atoms with E-state index < -0.39 is 0 Å². The first-order chi connectivity index (χ1) is 12.1. The van der Waals surface area contributed by atoms with Crippen LogP contribution in [0.4, 0.5) is 4.39 Å². The van der Waals surface area contributed by atoms with Crippen LogP contribution in [0.1, 0.15) is 17.5 Å². The van der Waals surface area contributed by atoms with Gasteiger partial charge in [-0.15, -0.1) is 0 Å². The molecule has 0 atom stereocenters. The Morgan fingerprint density at radius 2 is 1.76 bits per heavy atom. The second-order valence-corrected chi connectivity index (χ2v) is 6.84. The quantitative estimate of drug-likeness (QED) is 0.829. The second-order valence-electron chi connectivity index (χ2n) is 6.41. The first kappa shape index (κ1) is 17.9. The molecule has 0 unspecified atom stereocenters. The summed E-state index contributed by atoms with van der Waals surface area (Å²) in [6, 6.07) is 14.4. The average Bonchev–Trinajstić information content (AvgIpc) is 2.85. The Balaban J connectivity index is 1.55. The van der Waals surface area contributed by atoms with Crippen molar-refractivity contribution in [1.82, 2.24) is 9.80 Å². The van der Waals surface area contributed by atoms with E-state index in [4.69, 9.17) is 11.6 Å². The van der Waals surface area contributed by atoms with E-state index in [0.717, 1.165) is 37.6 Å². The zero-order chi connectivity index (χ0) is 17.6. The predicted octanol–water partition coefficient (Wildman–Crippen LogP) is 3.76. The van der Waals surface area contributed by atoms with Gasteiger partial charge in [0, 0.05) is 37.7 Å². The second kappa shape index (κ2) is 8.45. The van der Waals surface area contributed by atoms with Crippen molar-refractivity contribution in [2.45, 2.75) is 19.4 Å². The number of hydrogen-bond acceptors (Lipinski definition) is 2. The van der Waals surface area contributed by atoms with E-state index in [1.807, 2.05) is 29.2 Å². The summed E-state index contributed by atoms with van der Waals surface area (Å²) in [4.78, 5) is 16.7. The molecular formula is C20H22ClFN2O. The van der Waals surface area contributed by atoms with E-state index >= 15 is 0 Å². The lowest BCUT2D eigenvalue weighted by Gasteiger charge is -2.22. The number of carbonyl (C=O) groups excluding carboxylic acids is 1. The van der Waals surface area contributed by atoms with Gasteiger partial charge >= 0.3 is 0 Å². The van der Waals surface area contributed by atoms with Crippen LogP contribution in [0.3, 0.4) is 0 Å². The van der Waals surface area contributed by atoms with Crippen molar-refractivity contribution in [3.63, 3.8) is 0 Å². The van der Waals surface area contributed by atoms with Crippen LogP contribution in [0, 0.1) is 5.82 Å². The first-order valence-corrected chi connectivity index (χ1v) is 8.97. The topological polar surface area (TPSA) is 23.6 Å². The minimum atomic E-state index is -0.310. The molecule has 0 N–H and O–H groups in total. The third kappa shape index (κ3) is 5.03. The summed E-state index contributed by atoms with van der Waals surface area (Å²) < 4.78 is 13.7. The minimum absolute atomic E-state index is 0.00144. The molecule has 3 rings (SSSR count). The van der Waals surface area contributed by atoms with Gasteiger partial charge in [0.25, 0.3) is 0 Å². The van der Waals surface area contributed by atoms with Crippen molar-refractivity contribution in [2.24, 2.45) is 0 Å². The minimum Gasteiger partial charge on any atom is -0.341 e. The summed E-state index contributed by atoms with van der Waals surface area (Å²) in [6.45, 7) is 4.04. The van der Waals surface area contributed by atoms with Crippen LogP contribution in [-0.2, 0) is 17.8 Å². The molecule has 0 aliphatic carbocycles. The molecule has 0 aromatic heterocycles. The molecule has 2 aromatic carbocycles. The standard InChI is InChI=1S/C20H22ClFN2O/c21-18-8-6-16(7-9-18)15-23-10-3-11-24(13-12-23)20(25)14-17-4-1-2-5-19(17)22/h1-2,4-9H,3,10-15H2. The number of hydrogen-bond donors (Lipinski definition) is 0. The molecular weight excluding hydrogens is 339 g/mol. The fraction of sp³-hybridized carbons (Fsp3) is 0.350. The average molecular weight is 361 g/mol. The summed E-state index contributed by atoms with van der Waals surface area (Å²) in [5.41, 5.74) is 1.69. The Hall–Kier alpha value is -1.91. The van der Waals surface area contributed by atoms with Crippen molar-refractivity contribution < 1.29 is 9.18 Å². The van der Waals surface area contributed by atoms with Gasteiger partial charge in [-0.2, -0.15) is 0 Å². The van der Waals surface area contributed by atoms with Gasteiger partial charge in [-0.05, 0) is 35.7 Å². The number of halogens is 2. The molecule has 1 amide bonds. The summed E-state index contributed by atoms with van der Waals surface area (Å²) in [6.07, 6.45) is 1.06. The van der Waals surface area contributed by atoms with E-state index in [0.29, 0.717) is 12.1 Å². The number of benzene rings is 2. The molecule has 3 nitrogen and oxygen atoms in total. The zero-order valence-corrected chi connectivity index (χ0v) is 14.9. The van der Waals surface area contributed by atoms with Gasteiger partial charge in [-0.1, -0.05) is 41.9 Å². The first-order valence-electron chi connectivity index (χ1n) is 8.60. The zero-order valence-electron chi connectivity index (χ0n) is 14.1. The van der Waals surface area contributed by atoms with Gasteiger partial charge in [0.2, 0.25) is 5.91 Å². The Labute approximate surface area is 153 Å². The molecule has 0 radical (unpaired) electrons. The molecule has 5 heteroatoms. The largest absolute Gasteiger partial charge is 0.341 e. The highest BCUT2D eigenvalue weighted by molar-refractivity contribution is 6.30. The van der Waals surface area contributed by atoms with Gasteiger partial charge in [0.1, 0.15) is 5.82 Å². The Morgan fingerprint density at radius 3 is 2.52 bits per heavy atom. The van der Waals surface area contributed by atoms with Crippen LogP contribution in [0.5, 0.6) is 0 Å². The van der Waals surface area contributed by atoms with Gasteiger partial charge in [0.15, 0.2) is 0 Å². The summed E-state index contributed by atoms with van der Waals surface area (Å²) >= 11 is 5.93. The maximum atomic E-state index is 13.7. The van der Waals surface area contributed by atoms with Crippen LogP contribution in [0.25, 0.3) is 0 Å². The Kier molecular flexibility index (Phi) is 6.05. The third-order valence-electron chi connectivity index (χ3n) is 4.56. The lowest BCUT2D eigenvalue weighted by atomic mass is 10.1. The molecule has 1 fully saturated rings. The highest BCUT2D eigenvalue weighted by Crippen LogP contribution is 2.14. The molecule has 1 saturated heterocycles. The van der Waals surface area contributed by atoms with Crippen molar-refractivity contribution in [3.05, 3.63) is 70.5 Å². The molecule has 0 saturated carbocycles. The number of nitrogens with zero attached hydrogens (tertiary/aromatic N) is 2. The highest BCUT2D eigenvalue weighted by atomic mass is 35.5. The normalized spacial score (nSPS) is 15.8. The van der Waals surface area contributed by atoms with Gasteiger partial charge < -0.3 is 4.90 Å². The Morgan fingerprint density at radius 1 is 1.00 bits per heavy atom. The maximum Gasteiger partial charge on any atom is 0.227 e. The van der Waals surface area contributed by atoms with E-state index in [1.54, 1.807) is 18.2 Å². The van der Waals surface area contributed by atoms with Gasteiger partial charge in [-0.3, -0.25) is 9.69 Å². The van der Waals surface area contributed by atoms with Crippen molar-refractivity contribution in [2.75, 3.05) is 26.2 Å². The smallest absolute Gasteiger partial charge is 0.227 e.